The Morgan fingerprint density at radius 3 is 1.33 bits per heavy atom. The first kappa shape index (κ1) is 29.1. The fourth-order valence-electron chi connectivity index (χ4n) is 1.82. The lowest BCUT2D eigenvalue weighted by molar-refractivity contribution is -0.109. The molecule has 0 heterocycles. The van der Waals surface area contributed by atoms with E-state index < -0.39 is 0 Å². The largest absolute Gasteiger partial charge is 0.379 e. The highest BCUT2D eigenvalue weighted by molar-refractivity contribution is 8.13. The summed E-state index contributed by atoms with van der Waals surface area (Å²) in [6.45, 7) is 8.80. The minimum absolute atomic E-state index is 0.105. The maximum Gasteiger partial charge on any atom is 0.185 e. The van der Waals surface area contributed by atoms with Crippen molar-refractivity contribution in [3.8, 4) is 0 Å². The van der Waals surface area contributed by atoms with E-state index in [0.717, 1.165) is 0 Å². The Morgan fingerprint density at radius 1 is 0.667 bits per heavy atom. The molecule has 0 saturated heterocycles. The number of hydrogen-bond acceptors (Lipinski definition) is 10. The number of carbonyl (C=O) groups excluding carboxylic acids is 1. The molecular weight excluding hydrogens is 418 g/mol. The number of azide groups is 1. The van der Waals surface area contributed by atoms with Gasteiger partial charge in [0.05, 0.1) is 92.5 Å². The van der Waals surface area contributed by atoms with Gasteiger partial charge in [-0.2, -0.15) is 0 Å². The Balaban J connectivity index is 3.02. The summed E-state index contributed by atoms with van der Waals surface area (Å²) in [6, 6.07) is 0. The van der Waals surface area contributed by atoms with Crippen molar-refractivity contribution >= 4 is 16.9 Å². The Hall–Kier alpha value is -0.950. The van der Waals surface area contributed by atoms with Gasteiger partial charge in [-0.1, -0.05) is 16.9 Å². The quantitative estimate of drug-likeness (QED) is 0.0927. The highest BCUT2D eigenvalue weighted by Crippen LogP contribution is 1.99. The van der Waals surface area contributed by atoms with Gasteiger partial charge in [0.25, 0.3) is 0 Å². The van der Waals surface area contributed by atoms with E-state index in [1.54, 1.807) is 6.92 Å². The smallest absolute Gasteiger partial charge is 0.185 e. The van der Waals surface area contributed by atoms with E-state index in [2.05, 4.69) is 10.0 Å². The van der Waals surface area contributed by atoms with Gasteiger partial charge in [0.15, 0.2) is 5.12 Å². The van der Waals surface area contributed by atoms with Crippen molar-refractivity contribution in [2.75, 3.05) is 105 Å². The normalized spacial score (nSPS) is 10.8. The van der Waals surface area contributed by atoms with Crippen LogP contribution in [0.3, 0.4) is 0 Å². The van der Waals surface area contributed by atoms with Crippen LogP contribution < -0.4 is 0 Å². The molecule has 0 spiro atoms. The molecule has 0 fully saturated rings. The molecule has 0 aliphatic rings. The van der Waals surface area contributed by atoms with Crippen molar-refractivity contribution < 1.29 is 38.0 Å². The van der Waals surface area contributed by atoms with E-state index in [9.17, 15) is 4.79 Å². The molecule has 0 N–H and O–H groups in total. The van der Waals surface area contributed by atoms with Crippen LogP contribution >= 0.6 is 11.8 Å². The number of hydrogen-bond donors (Lipinski definition) is 0. The zero-order valence-electron chi connectivity index (χ0n) is 17.8. The van der Waals surface area contributed by atoms with Gasteiger partial charge >= 0.3 is 0 Å². The van der Waals surface area contributed by atoms with Crippen molar-refractivity contribution in [2.24, 2.45) is 5.11 Å². The van der Waals surface area contributed by atoms with Crippen molar-refractivity contribution in [2.45, 2.75) is 6.92 Å². The molecule has 0 atom stereocenters. The lowest BCUT2D eigenvalue weighted by Gasteiger charge is -2.08. The van der Waals surface area contributed by atoms with E-state index in [0.29, 0.717) is 105 Å². The molecule has 12 heteroatoms. The van der Waals surface area contributed by atoms with Gasteiger partial charge in [0.2, 0.25) is 0 Å². The minimum Gasteiger partial charge on any atom is -0.379 e. The van der Waals surface area contributed by atoms with Gasteiger partial charge in [-0.15, -0.1) is 0 Å². The Morgan fingerprint density at radius 2 is 1.00 bits per heavy atom. The molecule has 11 nitrogen and oxygen atoms in total. The van der Waals surface area contributed by atoms with Crippen LogP contribution in [-0.4, -0.2) is 110 Å². The highest BCUT2D eigenvalue weighted by Gasteiger charge is 1.96. The zero-order chi connectivity index (χ0) is 22.0. The maximum absolute atomic E-state index is 10.7. The second-order valence-electron chi connectivity index (χ2n) is 5.58. The van der Waals surface area contributed by atoms with Gasteiger partial charge < -0.3 is 33.2 Å². The van der Waals surface area contributed by atoms with E-state index in [1.165, 1.54) is 11.8 Å². The average molecular weight is 454 g/mol. The highest BCUT2D eigenvalue weighted by atomic mass is 32.2. The molecule has 0 bridgehead atoms. The molecule has 0 amide bonds. The summed E-state index contributed by atoms with van der Waals surface area (Å²) in [7, 11) is 0. The van der Waals surface area contributed by atoms with E-state index >= 15 is 0 Å². The third-order valence-electron chi connectivity index (χ3n) is 3.16. The first-order chi connectivity index (χ1) is 14.8. The monoisotopic (exact) mass is 453 g/mol. The molecule has 0 aromatic rings. The van der Waals surface area contributed by atoms with E-state index in [1.807, 2.05) is 0 Å². The van der Waals surface area contributed by atoms with Crippen LogP contribution in [0, 0.1) is 0 Å². The van der Waals surface area contributed by atoms with Crippen LogP contribution in [0.4, 0.5) is 0 Å². The minimum atomic E-state index is 0.105. The Labute approximate surface area is 182 Å². The predicted octanol–water partition coefficient (Wildman–Crippen LogP) is 1.69. The Bertz CT molecular complexity index is 404. The van der Waals surface area contributed by atoms with E-state index in [-0.39, 0.29) is 5.12 Å². The van der Waals surface area contributed by atoms with Crippen molar-refractivity contribution in [3.63, 3.8) is 0 Å². The summed E-state index contributed by atoms with van der Waals surface area (Å²) in [4.78, 5) is 13.3. The molecule has 0 rings (SSSR count). The SMILES string of the molecule is CC(=O)SCCOCCOCCOCCOCCOCCOCCOCCN=[N+]=[N-]. The summed E-state index contributed by atoms with van der Waals surface area (Å²) in [5.41, 5.74) is 8.09. The Kier molecular flexibility index (Phi) is 25.3. The fourth-order valence-corrected chi connectivity index (χ4v) is 2.30. The summed E-state index contributed by atoms with van der Waals surface area (Å²) < 4.78 is 37.4. The van der Waals surface area contributed by atoms with E-state index in [4.69, 9.17) is 38.7 Å². The number of thioether (sulfide) groups is 1. The summed E-state index contributed by atoms with van der Waals surface area (Å²) in [5, 5.41) is 3.46. The van der Waals surface area contributed by atoms with Gasteiger partial charge in [-0.05, 0) is 5.53 Å². The number of nitrogens with zero attached hydrogens (tertiary/aromatic N) is 3. The van der Waals surface area contributed by atoms with Crippen LogP contribution in [-0.2, 0) is 38.0 Å². The molecule has 0 aliphatic carbocycles. The van der Waals surface area contributed by atoms with Crippen molar-refractivity contribution in [1.82, 2.24) is 0 Å². The molecule has 30 heavy (non-hydrogen) atoms. The maximum atomic E-state index is 10.7. The van der Waals surface area contributed by atoms with Crippen molar-refractivity contribution in [3.05, 3.63) is 10.4 Å². The lowest BCUT2D eigenvalue weighted by Crippen LogP contribution is -2.14. The summed E-state index contributed by atoms with van der Waals surface area (Å²) in [5.74, 6) is 0.676. The average Bonchev–Trinajstić information content (AvgIpc) is 2.73. The summed E-state index contributed by atoms with van der Waals surface area (Å²) in [6.07, 6.45) is 0. The first-order valence-corrected chi connectivity index (χ1v) is 10.9. The summed E-state index contributed by atoms with van der Waals surface area (Å²) >= 11 is 1.26. The molecule has 0 aromatic heterocycles. The van der Waals surface area contributed by atoms with Crippen molar-refractivity contribution in [1.29, 1.82) is 0 Å². The lowest BCUT2D eigenvalue weighted by atomic mass is 10.6. The van der Waals surface area contributed by atoms with Gasteiger partial charge in [-0.3, -0.25) is 4.79 Å². The number of ether oxygens (including phenoxy) is 7. The standard InChI is InChI=1S/C18H35N3O8S/c1-18(22)30-17-16-29-15-14-28-13-12-27-11-10-26-9-8-25-7-6-24-5-4-23-3-2-20-21-19/h2-17H2,1H3. The molecule has 0 unspecified atom stereocenters. The van der Waals surface area contributed by atoms with Crippen LogP contribution in [0.15, 0.2) is 5.11 Å². The molecule has 0 aliphatic heterocycles. The second kappa shape index (κ2) is 26.1. The third kappa shape index (κ3) is 27.0. The fraction of sp³-hybridized carbons (Fsp3) is 0.944. The molecule has 176 valence electrons. The molecular formula is C18H35N3O8S. The first-order valence-electron chi connectivity index (χ1n) is 9.95. The topological polar surface area (TPSA) is 130 Å². The van der Waals surface area contributed by atoms with Crippen LogP contribution in [0.5, 0.6) is 0 Å². The number of rotatable bonds is 24. The van der Waals surface area contributed by atoms with Crippen LogP contribution in [0.25, 0.3) is 10.4 Å². The predicted molar refractivity (Wildman–Crippen MR) is 113 cm³/mol. The van der Waals surface area contributed by atoms with Crippen LogP contribution in [0.1, 0.15) is 6.92 Å². The molecule has 0 saturated carbocycles. The zero-order valence-corrected chi connectivity index (χ0v) is 18.6. The second-order valence-corrected chi connectivity index (χ2v) is 6.85. The van der Waals surface area contributed by atoms with Gasteiger partial charge in [0, 0.05) is 24.1 Å². The number of carbonyl (C=O) groups is 1. The third-order valence-corrected chi connectivity index (χ3v) is 3.94. The molecule has 0 aromatic carbocycles. The van der Waals surface area contributed by atoms with Gasteiger partial charge in [0.1, 0.15) is 0 Å². The van der Waals surface area contributed by atoms with Gasteiger partial charge in [-0.25, -0.2) is 0 Å². The van der Waals surface area contributed by atoms with Crippen LogP contribution in [0.2, 0.25) is 0 Å². The molecule has 0 radical (unpaired) electrons.